The fraction of sp³-hybridized carbons (Fsp3) is 0.600. The van der Waals surface area contributed by atoms with E-state index in [4.69, 9.17) is 0 Å². The van der Waals surface area contributed by atoms with Crippen LogP contribution in [-0.2, 0) is 6.42 Å². The molecule has 4 nitrogen and oxygen atoms in total. The molecule has 0 spiro atoms. The van der Waals surface area contributed by atoms with Gasteiger partial charge in [0, 0.05) is 37.3 Å². The van der Waals surface area contributed by atoms with Gasteiger partial charge in [-0.2, -0.15) is 11.8 Å². The topological polar surface area (TPSA) is 49.3 Å². The summed E-state index contributed by atoms with van der Waals surface area (Å²) in [5, 5.41) is 6.72. The number of aliphatic imine (C=N–C) groups is 1. The molecule has 0 unspecified atom stereocenters. The summed E-state index contributed by atoms with van der Waals surface area (Å²) in [6, 6.07) is 2.07. The van der Waals surface area contributed by atoms with Crippen molar-refractivity contribution in [1.29, 1.82) is 0 Å². The molecule has 0 bridgehead atoms. The maximum Gasteiger partial charge on any atom is 0.191 e. The largest absolute Gasteiger partial charge is 0.356 e. The molecule has 112 valence electrons. The Labute approximate surface area is 126 Å². The van der Waals surface area contributed by atoms with Crippen LogP contribution in [0, 0.1) is 6.92 Å². The van der Waals surface area contributed by atoms with Gasteiger partial charge in [0.05, 0.1) is 0 Å². The quantitative estimate of drug-likeness (QED) is 0.624. The summed E-state index contributed by atoms with van der Waals surface area (Å²) in [6.07, 6.45) is 6.85. The Morgan fingerprint density at radius 2 is 2.15 bits per heavy atom. The molecule has 20 heavy (non-hydrogen) atoms. The van der Waals surface area contributed by atoms with Gasteiger partial charge in [0.1, 0.15) is 0 Å². The Bertz CT molecular complexity index is 443. The van der Waals surface area contributed by atoms with E-state index < -0.39 is 0 Å². The van der Waals surface area contributed by atoms with Crippen LogP contribution in [0.3, 0.4) is 0 Å². The summed E-state index contributed by atoms with van der Waals surface area (Å²) in [5.74, 6) is 0.860. The van der Waals surface area contributed by atoms with E-state index in [1.54, 1.807) is 7.05 Å². The zero-order valence-corrected chi connectivity index (χ0v) is 14.0. The Balaban J connectivity index is 2.38. The van der Waals surface area contributed by atoms with Gasteiger partial charge in [-0.15, -0.1) is 0 Å². The third-order valence-electron chi connectivity index (χ3n) is 3.28. The lowest BCUT2D eigenvalue weighted by molar-refractivity contribution is 0.664. The van der Waals surface area contributed by atoms with Crippen LogP contribution in [0.4, 0.5) is 0 Å². The molecular formula is C15H26N4S. The molecule has 1 rings (SSSR count). The normalized spacial score (nSPS) is 12.3. The highest BCUT2D eigenvalue weighted by Gasteiger charge is 2.15. The van der Waals surface area contributed by atoms with Crippen molar-refractivity contribution in [2.24, 2.45) is 4.99 Å². The first kappa shape index (κ1) is 16.8. The number of thioether (sulfide) groups is 1. The molecule has 0 aliphatic rings. The van der Waals surface area contributed by atoms with Crippen molar-refractivity contribution in [2.75, 3.05) is 26.4 Å². The summed E-state index contributed by atoms with van der Waals surface area (Å²) >= 11 is 1.85. The van der Waals surface area contributed by atoms with E-state index >= 15 is 0 Å². The molecule has 0 atom stereocenters. The number of hydrogen-bond donors (Lipinski definition) is 2. The van der Waals surface area contributed by atoms with E-state index in [1.807, 2.05) is 24.2 Å². The summed E-state index contributed by atoms with van der Waals surface area (Å²) in [4.78, 5) is 8.36. The molecule has 0 saturated carbocycles. The average Bonchev–Trinajstić information content (AvgIpc) is 2.44. The first-order valence-corrected chi connectivity index (χ1v) is 8.10. The minimum absolute atomic E-state index is 0.208. The Kier molecular flexibility index (Phi) is 6.85. The van der Waals surface area contributed by atoms with Crippen molar-refractivity contribution >= 4 is 17.7 Å². The van der Waals surface area contributed by atoms with E-state index in [-0.39, 0.29) is 4.75 Å². The van der Waals surface area contributed by atoms with E-state index in [2.05, 4.69) is 53.7 Å². The molecule has 1 heterocycles. The van der Waals surface area contributed by atoms with Crippen molar-refractivity contribution in [3.8, 4) is 0 Å². The lowest BCUT2D eigenvalue weighted by Gasteiger charge is -2.23. The van der Waals surface area contributed by atoms with Crippen LogP contribution in [0.25, 0.3) is 0 Å². The highest BCUT2D eigenvalue weighted by atomic mass is 32.2. The highest BCUT2D eigenvalue weighted by Crippen LogP contribution is 2.19. The monoisotopic (exact) mass is 294 g/mol. The fourth-order valence-electron chi connectivity index (χ4n) is 1.69. The average molecular weight is 294 g/mol. The zero-order chi connectivity index (χ0) is 15.0. The van der Waals surface area contributed by atoms with Gasteiger partial charge in [-0.25, -0.2) is 0 Å². The van der Waals surface area contributed by atoms with Crippen LogP contribution in [0.5, 0.6) is 0 Å². The number of rotatable bonds is 6. The number of nitrogens with zero attached hydrogens (tertiary/aromatic N) is 2. The number of aryl methyl sites for hydroxylation is 1. The predicted molar refractivity (Wildman–Crippen MR) is 89.6 cm³/mol. The molecule has 0 fully saturated rings. The van der Waals surface area contributed by atoms with Crippen LogP contribution < -0.4 is 10.6 Å². The first-order chi connectivity index (χ1) is 9.48. The Hall–Kier alpha value is -1.23. The number of hydrogen-bond acceptors (Lipinski definition) is 3. The van der Waals surface area contributed by atoms with Gasteiger partial charge in [0.25, 0.3) is 0 Å². The highest BCUT2D eigenvalue weighted by molar-refractivity contribution is 7.99. The van der Waals surface area contributed by atoms with E-state index in [0.29, 0.717) is 0 Å². The van der Waals surface area contributed by atoms with Gasteiger partial charge in [-0.05, 0) is 50.6 Å². The maximum atomic E-state index is 4.25. The van der Waals surface area contributed by atoms with Gasteiger partial charge < -0.3 is 10.6 Å². The molecular weight excluding hydrogens is 268 g/mol. The lowest BCUT2D eigenvalue weighted by atomic mass is 10.1. The van der Waals surface area contributed by atoms with Gasteiger partial charge in [0.2, 0.25) is 0 Å². The molecule has 0 radical (unpaired) electrons. The number of pyridine rings is 1. The molecule has 0 aromatic carbocycles. The minimum atomic E-state index is 0.208. The van der Waals surface area contributed by atoms with Crippen molar-refractivity contribution in [3.05, 3.63) is 29.6 Å². The summed E-state index contributed by atoms with van der Waals surface area (Å²) in [6.45, 7) is 8.29. The number of aromatic nitrogens is 1. The van der Waals surface area contributed by atoms with Crippen LogP contribution in [-0.4, -0.2) is 42.1 Å². The van der Waals surface area contributed by atoms with Gasteiger partial charge in [0.15, 0.2) is 5.96 Å². The molecule has 0 aliphatic carbocycles. The van der Waals surface area contributed by atoms with Crippen LogP contribution >= 0.6 is 11.8 Å². The molecule has 0 aliphatic heterocycles. The van der Waals surface area contributed by atoms with E-state index in [0.717, 1.165) is 25.5 Å². The van der Waals surface area contributed by atoms with Crippen molar-refractivity contribution in [2.45, 2.75) is 31.9 Å². The third-order valence-corrected chi connectivity index (χ3v) is 4.53. The van der Waals surface area contributed by atoms with Crippen LogP contribution in [0.2, 0.25) is 0 Å². The first-order valence-electron chi connectivity index (χ1n) is 6.87. The summed E-state index contributed by atoms with van der Waals surface area (Å²) < 4.78 is 0.208. The van der Waals surface area contributed by atoms with Gasteiger partial charge >= 0.3 is 0 Å². The molecule has 1 aromatic heterocycles. The van der Waals surface area contributed by atoms with Crippen molar-refractivity contribution in [1.82, 2.24) is 15.6 Å². The lowest BCUT2D eigenvalue weighted by Crippen LogP contribution is -2.43. The molecule has 5 heteroatoms. The molecule has 0 saturated heterocycles. The van der Waals surface area contributed by atoms with Crippen molar-refractivity contribution < 1.29 is 0 Å². The summed E-state index contributed by atoms with van der Waals surface area (Å²) in [7, 11) is 1.80. The third kappa shape index (κ3) is 5.82. The smallest absolute Gasteiger partial charge is 0.191 e. The van der Waals surface area contributed by atoms with Crippen molar-refractivity contribution in [3.63, 3.8) is 0 Å². The fourth-order valence-corrected chi connectivity index (χ4v) is 1.90. The summed E-state index contributed by atoms with van der Waals surface area (Å²) in [5.41, 5.74) is 2.56. The second-order valence-electron chi connectivity index (χ2n) is 5.37. The van der Waals surface area contributed by atoms with E-state index in [9.17, 15) is 0 Å². The van der Waals surface area contributed by atoms with Crippen LogP contribution in [0.15, 0.2) is 23.5 Å². The molecule has 2 N–H and O–H groups in total. The predicted octanol–water partition coefficient (Wildman–Crippen LogP) is 2.24. The SMILES string of the molecule is CN=C(NCCc1ccncc1C)NCC(C)(C)SC. The number of guanidine groups is 1. The zero-order valence-electron chi connectivity index (χ0n) is 13.2. The maximum absolute atomic E-state index is 4.25. The van der Waals surface area contributed by atoms with E-state index in [1.165, 1.54) is 11.1 Å². The van der Waals surface area contributed by atoms with Gasteiger partial charge in [-0.1, -0.05) is 0 Å². The van der Waals surface area contributed by atoms with Crippen LogP contribution in [0.1, 0.15) is 25.0 Å². The standard InChI is InChI=1S/C15H26N4S/c1-12-10-17-8-6-13(12)7-9-18-14(16-4)19-11-15(2,3)20-5/h6,8,10H,7,9,11H2,1-5H3,(H2,16,18,19). The second kappa shape index (κ2) is 8.15. The Morgan fingerprint density at radius 3 is 2.75 bits per heavy atom. The second-order valence-corrected chi connectivity index (χ2v) is 6.88. The number of nitrogens with one attached hydrogen (secondary N) is 2. The Morgan fingerprint density at radius 1 is 1.40 bits per heavy atom. The minimum Gasteiger partial charge on any atom is -0.356 e. The molecule has 1 aromatic rings. The van der Waals surface area contributed by atoms with Gasteiger partial charge in [-0.3, -0.25) is 9.98 Å². The molecule has 0 amide bonds.